The van der Waals surface area contributed by atoms with E-state index in [1.54, 1.807) is 0 Å². The number of halogens is 2. The maximum Gasteiger partial charge on any atom is 0.162 e. The first-order valence-electron chi connectivity index (χ1n) is 13.2. The maximum absolute atomic E-state index is 15.2. The van der Waals surface area contributed by atoms with Gasteiger partial charge in [-0.2, -0.15) is 0 Å². The highest BCUT2D eigenvalue weighted by Gasteiger charge is 2.38. The van der Waals surface area contributed by atoms with Gasteiger partial charge in [0.25, 0.3) is 0 Å². The van der Waals surface area contributed by atoms with Gasteiger partial charge in [-0.1, -0.05) is 45.6 Å². The number of hydrogen-bond acceptors (Lipinski definition) is 1. The van der Waals surface area contributed by atoms with E-state index < -0.39 is 11.6 Å². The molecule has 0 saturated heterocycles. The number of benzene rings is 1. The maximum atomic E-state index is 15.2. The van der Waals surface area contributed by atoms with Crippen molar-refractivity contribution >= 4 is 0 Å². The summed E-state index contributed by atoms with van der Waals surface area (Å²) in [5, 5.41) is 0. The third kappa shape index (κ3) is 5.34. The first-order valence-corrected chi connectivity index (χ1v) is 13.2. The lowest BCUT2D eigenvalue weighted by Gasteiger charge is -2.42. The molecule has 2 saturated carbocycles. The van der Waals surface area contributed by atoms with E-state index in [0.717, 1.165) is 70.0 Å². The van der Waals surface area contributed by atoms with Crippen molar-refractivity contribution in [1.29, 1.82) is 0 Å². The standard InChI is InChI=1S/C28H42F2O/c1-3-5-6-14-31-24-13-12-20-16-22(11-10-21(20)17-24)26-18-23-9-8-19(7-4-2)15-25(23)27(29)28(26)30/h18-22,24H,3-17H2,1-2H3. The summed E-state index contributed by atoms with van der Waals surface area (Å²) in [5.41, 5.74) is 2.45. The molecule has 5 atom stereocenters. The molecule has 31 heavy (non-hydrogen) atoms. The molecule has 5 unspecified atom stereocenters. The highest BCUT2D eigenvalue weighted by atomic mass is 19.2. The molecule has 0 spiro atoms. The minimum Gasteiger partial charge on any atom is -0.378 e. The van der Waals surface area contributed by atoms with Crippen LogP contribution in [0.3, 0.4) is 0 Å². The summed E-state index contributed by atoms with van der Waals surface area (Å²) >= 11 is 0. The smallest absolute Gasteiger partial charge is 0.162 e. The van der Waals surface area contributed by atoms with Gasteiger partial charge in [0.2, 0.25) is 0 Å². The lowest BCUT2D eigenvalue weighted by atomic mass is 9.65. The molecule has 1 nitrogen and oxygen atoms in total. The van der Waals surface area contributed by atoms with Gasteiger partial charge in [-0.25, -0.2) is 8.78 Å². The van der Waals surface area contributed by atoms with Crippen LogP contribution >= 0.6 is 0 Å². The summed E-state index contributed by atoms with van der Waals surface area (Å²) < 4.78 is 36.4. The van der Waals surface area contributed by atoms with E-state index in [-0.39, 0.29) is 5.92 Å². The number of ether oxygens (including phenoxy) is 1. The Morgan fingerprint density at radius 1 is 0.903 bits per heavy atom. The molecule has 1 aromatic carbocycles. The molecular weight excluding hydrogens is 390 g/mol. The summed E-state index contributed by atoms with van der Waals surface area (Å²) in [6.07, 6.45) is 15.8. The minimum atomic E-state index is -0.535. The van der Waals surface area contributed by atoms with Crippen LogP contribution in [0.5, 0.6) is 0 Å². The molecule has 3 aliphatic carbocycles. The van der Waals surface area contributed by atoms with Crippen LogP contribution in [0.1, 0.15) is 114 Å². The summed E-state index contributed by atoms with van der Waals surface area (Å²) in [6, 6.07) is 2.06. The summed E-state index contributed by atoms with van der Waals surface area (Å²) in [5.74, 6) is 1.01. The summed E-state index contributed by atoms with van der Waals surface area (Å²) in [4.78, 5) is 0. The van der Waals surface area contributed by atoms with Gasteiger partial charge in [0, 0.05) is 6.61 Å². The van der Waals surface area contributed by atoms with Gasteiger partial charge in [0.1, 0.15) is 0 Å². The van der Waals surface area contributed by atoms with Crippen LogP contribution < -0.4 is 0 Å². The molecule has 0 aromatic heterocycles. The van der Waals surface area contributed by atoms with E-state index in [2.05, 4.69) is 19.9 Å². The van der Waals surface area contributed by atoms with Crippen molar-refractivity contribution < 1.29 is 13.5 Å². The zero-order chi connectivity index (χ0) is 21.8. The van der Waals surface area contributed by atoms with Crippen molar-refractivity contribution in [3.05, 3.63) is 34.4 Å². The first kappa shape index (κ1) is 23.2. The Kier molecular flexibility index (Phi) is 8.06. The van der Waals surface area contributed by atoms with Gasteiger partial charge in [0.15, 0.2) is 11.6 Å². The Balaban J connectivity index is 1.38. The normalized spacial score (nSPS) is 30.6. The van der Waals surface area contributed by atoms with Gasteiger partial charge >= 0.3 is 0 Å². The second-order valence-electron chi connectivity index (χ2n) is 10.7. The van der Waals surface area contributed by atoms with Crippen molar-refractivity contribution in [1.82, 2.24) is 0 Å². The fourth-order valence-electron chi connectivity index (χ4n) is 6.77. The largest absolute Gasteiger partial charge is 0.378 e. The molecule has 0 aliphatic heterocycles. The van der Waals surface area contributed by atoms with Gasteiger partial charge in [-0.3, -0.25) is 0 Å². The van der Waals surface area contributed by atoms with Crippen LogP contribution in [0.15, 0.2) is 6.07 Å². The second kappa shape index (κ2) is 10.8. The highest BCUT2D eigenvalue weighted by Crippen LogP contribution is 2.48. The number of hydrogen-bond donors (Lipinski definition) is 0. The molecule has 2 fully saturated rings. The number of aryl methyl sites for hydroxylation is 1. The van der Waals surface area contributed by atoms with Crippen molar-refractivity contribution in [2.75, 3.05) is 6.61 Å². The Hall–Kier alpha value is -0.960. The van der Waals surface area contributed by atoms with Crippen LogP contribution in [-0.4, -0.2) is 12.7 Å². The Morgan fingerprint density at radius 3 is 2.52 bits per heavy atom. The molecule has 0 bridgehead atoms. The lowest BCUT2D eigenvalue weighted by Crippen LogP contribution is -2.34. The molecular formula is C28H42F2O. The zero-order valence-electron chi connectivity index (χ0n) is 19.7. The van der Waals surface area contributed by atoms with Crippen LogP contribution in [0, 0.1) is 29.4 Å². The molecule has 0 N–H and O–H groups in total. The Morgan fingerprint density at radius 2 is 1.71 bits per heavy atom. The fraction of sp³-hybridized carbons (Fsp3) is 0.786. The van der Waals surface area contributed by atoms with Gasteiger partial charge in [-0.05, 0) is 105 Å². The first-order chi connectivity index (χ1) is 15.1. The lowest BCUT2D eigenvalue weighted by molar-refractivity contribution is -0.0164. The van der Waals surface area contributed by atoms with E-state index in [4.69, 9.17) is 4.74 Å². The Bertz CT molecular complexity index is 730. The SMILES string of the molecule is CCCCCOC1CCC2CC(c3cc4c(c(F)c3F)CC(CCC)CC4)CCC2C1. The average molecular weight is 433 g/mol. The third-order valence-corrected chi connectivity index (χ3v) is 8.55. The molecule has 0 heterocycles. The van der Waals surface area contributed by atoms with Crippen LogP contribution in [0.2, 0.25) is 0 Å². The minimum absolute atomic E-state index is 0.191. The van der Waals surface area contributed by atoms with Crippen LogP contribution in [-0.2, 0) is 17.6 Å². The second-order valence-corrected chi connectivity index (χ2v) is 10.7. The number of rotatable bonds is 8. The predicted octanol–water partition coefficient (Wildman–Crippen LogP) is 8.13. The summed E-state index contributed by atoms with van der Waals surface area (Å²) in [6.45, 7) is 5.30. The van der Waals surface area contributed by atoms with E-state index in [0.29, 0.717) is 35.0 Å². The van der Waals surface area contributed by atoms with E-state index in [1.165, 1.54) is 32.1 Å². The van der Waals surface area contributed by atoms with E-state index in [1.807, 2.05) is 0 Å². The van der Waals surface area contributed by atoms with Crippen molar-refractivity contribution in [3.63, 3.8) is 0 Å². The topological polar surface area (TPSA) is 9.23 Å². The molecule has 4 rings (SSSR count). The molecule has 3 heteroatoms. The third-order valence-electron chi connectivity index (χ3n) is 8.55. The number of unbranched alkanes of at least 4 members (excludes halogenated alkanes) is 2. The van der Waals surface area contributed by atoms with Gasteiger partial charge < -0.3 is 4.74 Å². The fourth-order valence-corrected chi connectivity index (χ4v) is 6.77. The number of fused-ring (bicyclic) bond motifs is 2. The monoisotopic (exact) mass is 432 g/mol. The quantitative estimate of drug-likeness (QED) is 0.377. The van der Waals surface area contributed by atoms with Crippen LogP contribution in [0.4, 0.5) is 8.78 Å². The molecule has 3 aliphatic rings. The van der Waals surface area contributed by atoms with Gasteiger partial charge in [0.05, 0.1) is 6.10 Å². The molecule has 1 aromatic rings. The summed E-state index contributed by atoms with van der Waals surface area (Å²) in [7, 11) is 0. The molecule has 0 amide bonds. The molecule has 0 radical (unpaired) electrons. The Labute approximate surface area is 188 Å². The molecule has 174 valence electrons. The van der Waals surface area contributed by atoms with Gasteiger partial charge in [-0.15, -0.1) is 0 Å². The van der Waals surface area contributed by atoms with Crippen molar-refractivity contribution in [3.8, 4) is 0 Å². The van der Waals surface area contributed by atoms with Crippen molar-refractivity contribution in [2.24, 2.45) is 17.8 Å². The van der Waals surface area contributed by atoms with Crippen LogP contribution in [0.25, 0.3) is 0 Å². The van der Waals surface area contributed by atoms with Crippen molar-refractivity contribution in [2.45, 2.75) is 116 Å². The van der Waals surface area contributed by atoms with E-state index in [9.17, 15) is 0 Å². The average Bonchev–Trinajstić information content (AvgIpc) is 2.79. The highest BCUT2D eigenvalue weighted by molar-refractivity contribution is 5.38. The van der Waals surface area contributed by atoms with E-state index >= 15 is 8.78 Å². The zero-order valence-corrected chi connectivity index (χ0v) is 19.7. The predicted molar refractivity (Wildman–Crippen MR) is 123 cm³/mol.